The highest BCUT2D eigenvalue weighted by Crippen LogP contribution is 2.34. The molecule has 4 fully saturated rings. The van der Waals surface area contributed by atoms with E-state index in [1.54, 1.807) is 4.90 Å². The predicted molar refractivity (Wildman–Crippen MR) is 136 cm³/mol. The summed E-state index contributed by atoms with van der Waals surface area (Å²) in [6.45, 7) is 10.5. The first-order chi connectivity index (χ1) is 17.3. The third-order valence-corrected chi connectivity index (χ3v) is 8.10. The Morgan fingerprint density at radius 3 is 2.28 bits per heavy atom. The van der Waals surface area contributed by atoms with Gasteiger partial charge in [0, 0.05) is 6.04 Å². The second kappa shape index (κ2) is 12.1. The summed E-state index contributed by atoms with van der Waals surface area (Å²) in [6, 6.07) is -0.502. The highest BCUT2D eigenvalue weighted by Gasteiger charge is 2.54. The number of piperidine rings is 1. The van der Waals surface area contributed by atoms with Crippen LogP contribution in [0.4, 0.5) is 4.79 Å². The molecule has 9 nitrogen and oxygen atoms in total. The summed E-state index contributed by atoms with van der Waals surface area (Å²) < 4.78 is 5.79. The molecule has 0 aromatic rings. The van der Waals surface area contributed by atoms with Crippen molar-refractivity contribution in [2.45, 2.75) is 110 Å². The Labute approximate surface area is 216 Å². The minimum Gasteiger partial charge on any atom is -0.448 e. The number of hydrogen-bond donors (Lipinski definition) is 1. The zero-order chi connectivity index (χ0) is 25.8. The van der Waals surface area contributed by atoms with Gasteiger partial charge in [-0.25, -0.2) is 4.79 Å². The minimum absolute atomic E-state index is 0.000852. The van der Waals surface area contributed by atoms with Gasteiger partial charge in [-0.05, 0) is 69.4 Å². The largest absolute Gasteiger partial charge is 0.448 e. The lowest BCUT2D eigenvalue weighted by Crippen LogP contribution is -2.74. The van der Waals surface area contributed by atoms with Crippen molar-refractivity contribution < 1.29 is 24.0 Å². The first kappa shape index (κ1) is 27.2. The van der Waals surface area contributed by atoms with Crippen molar-refractivity contribution in [1.82, 2.24) is 20.2 Å². The minimum atomic E-state index is -0.795. The first-order valence-corrected chi connectivity index (χ1v) is 14.2. The Kier molecular flexibility index (Phi) is 9.15. The van der Waals surface area contributed by atoms with Gasteiger partial charge in [-0.3, -0.25) is 14.4 Å². The van der Waals surface area contributed by atoms with E-state index in [1.165, 1.54) is 24.3 Å². The summed E-state index contributed by atoms with van der Waals surface area (Å²) in [5, 5.41) is 4.66. The van der Waals surface area contributed by atoms with Crippen LogP contribution in [0.25, 0.3) is 0 Å². The van der Waals surface area contributed by atoms with Gasteiger partial charge in [-0.1, -0.05) is 47.0 Å². The second-order valence-electron chi connectivity index (χ2n) is 12.0. The van der Waals surface area contributed by atoms with Gasteiger partial charge in [0.2, 0.25) is 5.91 Å². The van der Waals surface area contributed by atoms with E-state index in [1.807, 2.05) is 18.7 Å². The molecular formula is C27H46N4O5. The van der Waals surface area contributed by atoms with Crippen molar-refractivity contribution in [3.05, 3.63) is 0 Å². The maximum absolute atomic E-state index is 13.8. The van der Waals surface area contributed by atoms with Crippen LogP contribution in [0.15, 0.2) is 0 Å². The molecule has 3 saturated heterocycles. The summed E-state index contributed by atoms with van der Waals surface area (Å²) in [5.74, 6) is 0.615. The SMILES string of the molecule is CC(C)C[C@H]1ON(C(=O)OCC2CCCCC2)C2CN(C3CCNCC3)C(=O)[C@H](CC(C)C)N2C1=O. The highest BCUT2D eigenvalue weighted by molar-refractivity contribution is 5.92. The summed E-state index contributed by atoms with van der Waals surface area (Å²) in [7, 11) is 0. The van der Waals surface area contributed by atoms with E-state index in [9.17, 15) is 14.4 Å². The number of carbonyl (C=O) groups excluding carboxylic acids is 3. The Morgan fingerprint density at radius 1 is 0.972 bits per heavy atom. The monoisotopic (exact) mass is 506 g/mol. The maximum atomic E-state index is 13.8. The number of fused-ring (bicyclic) bond motifs is 1. The number of piperazine rings is 1. The van der Waals surface area contributed by atoms with Crippen molar-refractivity contribution in [3.8, 4) is 0 Å². The molecule has 3 aliphatic heterocycles. The molecule has 4 rings (SSSR count). The van der Waals surface area contributed by atoms with Gasteiger partial charge in [0.05, 0.1) is 13.2 Å². The van der Waals surface area contributed by atoms with Gasteiger partial charge in [0.25, 0.3) is 5.91 Å². The van der Waals surface area contributed by atoms with E-state index < -0.39 is 24.4 Å². The fourth-order valence-electron chi connectivity index (χ4n) is 6.23. The van der Waals surface area contributed by atoms with Crippen molar-refractivity contribution in [3.63, 3.8) is 0 Å². The molecule has 0 aromatic heterocycles. The zero-order valence-corrected chi connectivity index (χ0v) is 22.6. The number of hydroxylamine groups is 2. The number of ether oxygens (including phenoxy) is 1. The van der Waals surface area contributed by atoms with Crippen molar-refractivity contribution in [2.24, 2.45) is 17.8 Å². The van der Waals surface area contributed by atoms with Crippen LogP contribution in [0, 0.1) is 17.8 Å². The molecule has 3 amide bonds. The Balaban J connectivity index is 1.60. The third kappa shape index (κ3) is 6.15. The molecule has 3 heterocycles. The van der Waals surface area contributed by atoms with Crippen LogP contribution >= 0.6 is 0 Å². The quantitative estimate of drug-likeness (QED) is 0.568. The molecule has 1 aliphatic carbocycles. The van der Waals surface area contributed by atoms with E-state index in [-0.39, 0.29) is 36.2 Å². The number of hydrogen-bond acceptors (Lipinski definition) is 6. The molecule has 9 heteroatoms. The van der Waals surface area contributed by atoms with Gasteiger partial charge >= 0.3 is 6.09 Å². The topological polar surface area (TPSA) is 91.4 Å². The number of amides is 3. The lowest BCUT2D eigenvalue weighted by molar-refractivity contribution is -0.270. The summed E-state index contributed by atoms with van der Waals surface area (Å²) >= 11 is 0. The van der Waals surface area contributed by atoms with Crippen LogP contribution in [-0.2, 0) is 19.2 Å². The third-order valence-electron chi connectivity index (χ3n) is 8.10. The molecule has 4 aliphatic rings. The van der Waals surface area contributed by atoms with Crippen LogP contribution in [0.1, 0.15) is 85.5 Å². The van der Waals surface area contributed by atoms with Gasteiger partial charge in [0.1, 0.15) is 6.04 Å². The number of nitrogens with zero attached hydrogens (tertiary/aromatic N) is 3. The number of rotatable bonds is 7. The normalized spacial score (nSPS) is 28.7. The van der Waals surface area contributed by atoms with Crippen molar-refractivity contribution in [1.29, 1.82) is 0 Å². The van der Waals surface area contributed by atoms with E-state index in [2.05, 4.69) is 19.2 Å². The Hall–Kier alpha value is -1.87. The lowest BCUT2D eigenvalue weighted by Gasteiger charge is -2.54. The molecule has 1 N–H and O–H groups in total. The highest BCUT2D eigenvalue weighted by atomic mass is 16.7. The van der Waals surface area contributed by atoms with Gasteiger partial charge < -0.3 is 19.9 Å². The van der Waals surface area contributed by atoms with Gasteiger partial charge in [-0.15, -0.1) is 0 Å². The standard InChI is InChI=1S/C27H46N4O5/c1-18(2)14-22-25(32)29(21-10-12-28-13-11-21)16-24-30(22)26(33)23(15-19(3)4)36-31(24)27(34)35-17-20-8-6-5-7-9-20/h18-24,28H,5-17H2,1-4H3/t22-,23+,24?/m0/s1. The van der Waals surface area contributed by atoms with Crippen LogP contribution in [0.3, 0.4) is 0 Å². The van der Waals surface area contributed by atoms with Gasteiger partial charge in [-0.2, -0.15) is 5.06 Å². The molecule has 0 spiro atoms. The van der Waals surface area contributed by atoms with E-state index in [0.717, 1.165) is 38.8 Å². The van der Waals surface area contributed by atoms with E-state index in [0.29, 0.717) is 25.4 Å². The van der Waals surface area contributed by atoms with Gasteiger partial charge in [0.15, 0.2) is 12.3 Å². The smallest absolute Gasteiger partial charge is 0.436 e. The molecule has 0 aromatic carbocycles. The maximum Gasteiger partial charge on any atom is 0.436 e. The summed E-state index contributed by atoms with van der Waals surface area (Å²) in [6.07, 6.45) is 6.51. The zero-order valence-electron chi connectivity index (χ0n) is 22.6. The molecule has 0 bridgehead atoms. The van der Waals surface area contributed by atoms with Crippen molar-refractivity contribution in [2.75, 3.05) is 26.2 Å². The fraction of sp³-hybridized carbons (Fsp3) is 0.889. The molecule has 1 unspecified atom stereocenters. The fourth-order valence-corrected chi connectivity index (χ4v) is 6.23. The number of carbonyl (C=O) groups is 3. The Bertz CT molecular complexity index is 778. The van der Waals surface area contributed by atoms with Crippen LogP contribution in [-0.4, -0.2) is 83.4 Å². The molecular weight excluding hydrogens is 460 g/mol. The summed E-state index contributed by atoms with van der Waals surface area (Å²) in [5.41, 5.74) is 0. The molecule has 36 heavy (non-hydrogen) atoms. The van der Waals surface area contributed by atoms with Crippen LogP contribution in [0.2, 0.25) is 0 Å². The molecule has 204 valence electrons. The lowest BCUT2D eigenvalue weighted by atomic mass is 9.90. The Morgan fingerprint density at radius 2 is 1.64 bits per heavy atom. The average molecular weight is 507 g/mol. The van der Waals surface area contributed by atoms with E-state index in [4.69, 9.17) is 9.57 Å². The average Bonchev–Trinajstić information content (AvgIpc) is 2.86. The van der Waals surface area contributed by atoms with E-state index >= 15 is 0 Å². The first-order valence-electron chi connectivity index (χ1n) is 14.2. The second-order valence-corrected chi connectivity index (χ2v) is 12.0. The van der Waals surface area contributed by atoms with Crippen LogP contribution in [0.5, 0.6) is 0 Å². The molecule has 1 saturated carbocycles. The van der Waals surface area contributed by atoms with Crippen LogP contribution < -0.4 is 5.32 Å². The number of nitrogens with one attached hydrogen (secondary N) is 1. The predicted octanol–water partition coefficient (Wildman–Crippen LogP) is 3.53. The summed E-state index contributed by atoms with van der Waals surface area (Å²) in [4.78, 5) is 50.7. The molecule has 0 radical (unpaired) electrons. The van der Waals surface area contributed by atoms with Crippen molar-refractivity contribution >= 4 is 17.9 Å². The molecule has 3 atom stereocenters.